The molecule has 0 saturated carbocycles. The smallest absolute Gasteiger partial charge is 0.228 e. The molecule has 0 spiro atoms. The summed E-state index contributed by atoms with van der Waals surface area (Å²) >= 11 is 0. The van der Waals surface area contributed by atoms with E-state index in [4.69, 9.17) is 4.42 Å². The number of carbonyl (C=O) groups excluding carboxylic acids is 2. The topological polar surface area (TPSA) is 47.3 Å². The Morgan fingerprint density at radius 2 is 1.59 bits per heavy atom. The van der Waals surface area contributed by atoms with Gasteiger partial charge in [-0.05, 0) is 13.0 Å². The van der Waals surface area contributed by atoms with Gasteiger partial charge < -0.3 is 4.42 Å². The van der Waals surface area contributed by atoms with Gasteiger partial charge >= 0.3 is 0 Å². The summed E-state index contributed by atoms with van der Waals surface area (Å²) in [4.78, 5) is 24.6. The van der Waals surface area contributed by atoms with Gasteiger partial charge in [-0.15, -0.1) is 0 Å². The summed E-state index contributed by atoms with van der Waals surface area (Å²) in [7, 11) is 0. The van der Waals surface area contributed by atoms with Crippen LogP contribution in [-0.4, -0.2) is 11.6 Å². The number of Topliss-reactive ketones (excluding diaryl/α,β-unsaturated/α-hetero) is 1. The number of hydrogen-bond acceptors (Lipinski definition) is 3. The summed E-state index contributed by atoms with van der Waals surface area (Å²) in [6, 6.07) is 16.4. The lowest BCUT2D eigenvalue weighted by molar-refractivity contribution is -0.118. The van der Waals surface area contributed by atoms with Crippen molar-refractivity contribution in [1.29, 1.82) is 0 Å². The second-order valence-corrected chi connectivity index (χ2v) is 5.37. The van der Waals surface area contributed by atoms with Gasteiger partial charge in [0.15, 0.2) is 5.76 Å². The molecule has 3 rings (SSSR count). The summed E-state index contributed by atoms with van der Waals surface area (Å²) in [6.07, 6.45) is 0. The lowest BCUT2D eigenvalue weighted by atomic mass is 9.92. The van der Waals surface area contributed by atoms with Crippen molar-refractivity contribution < 1.29 is 14.0 Å². The second-order valence-electron chi connectivity index (χ2n) is 5.37. The van der Waals surface area contributed by atoms with Gasteiger partial charge in [-0.25, -0.2) is 0 Å². The predicted octanol–water partition coefficient (Wildman–Crippen LogP) is 4.36. The van der Waals surface area contributed by atoms with E-state index in [9.17, 15) is 9.59 Å². The van der Waals surface area contributed by atoms with Crippen LogP contribution >= 0.6 is 0 Å². The number of fused-ring (bicyclic) bond motifs is 1. The van der Waals surface area contributed by atoms with Crippen molar-refractivity contribution in [2.24, 2.45) is 0 Å². The number of rotatable bonds is 4. The van der Waals surface area contributed by atoms with Crippen LogP contribution in [0, 0.1) is 0 Å². The highest BCUT2D eigenvalue weighted by molar-refractivity contribution is 6.11. The zero-order valence-corrected chi connectivity index (χ0v) is 12.5. The van der Waals surface area contributed by atoms with Gasteiger partial charge in [0, 0.05) is 22.4 Å². The van der Waals surface area contributed by atoms with Crippen molar-refractivity contribution in [2.45, 2.75) is 19.8 Å². The first kappa shape index (κ1) is 14.3. The molecule has 0 amide bonds. The Bertz CT molecular complexity index is 844. The Hall–Kier alpha value is -2.68. The summed E-state index contributed by atoms with van der Waals surface area (Å²) in [6.45, 7) is 3.34. The molecule has 0 fully saturated rings. The SMILES string of the molecule is CC(=O)C(C)c1c(C(=O)c2ccccc2)oc2ccccc12. The fourth-order valence-electron chi connectivity index (χ4n) is 2.59. The lowest BCUT2D eigenvalue weighted by Crippen LogP contribution is -2.10. The third-order valence-electron chi connectivity index (χ3n) is 3.92. The molecule has 1 atom stereocenters. The standard InChI is InChI=1S/C19H16O3/c1-12(13(2)20)17-15-10-6-7-11-16(15)22-19(17)18(21)14-8-4-3-5-9-14/h3-12H,1-2H3. The van der Waals surface area contributed by atoms with E-state index in [1.165, 1.54) is 6.92 Å². The van der Waals surface area contributed by atoms with Gasteiger partial charge in [0.2, 0.25) is 5.78 Å². The number of hydrogen-bond donors (Lipinski definition) is 0. The van der Waals surface area contributed by atoms with E-state index in [2.05, 4.69) is 0 Å². The molecule has 0 saturated heterocycles. The maximum absolute atomic E-state index is 12.8. The number of ketones is 2. The molecule has 22 heavy (non-hydrogen) atoms. The highest BCUT2D eigenvalue weighted by atomic mass is 16.3. The molecule has 1 heterocycles. The average Bonchev–Trinajstić information content (AvgIpc) is 2.93. The Kier molecular flexibility index (Phi) is 3.63. The number of para-hydroxylation sites is 1. The zero-order valence-electron chi connectivity index (χ0n) is 12.5. The fraction of sp³-hybridized carbons (Fsp3) is 0.158. The molecule has 1 aromatic heterocycles. The van der Waals surface area contributed by atoms with Crippen LogP contribution in [0.15, 0.2) is 59.0 Å². The fourth-order valence-corrected chi connectivity index (χ4v) is 2.59. The Labute approximate surface area is 128 Å². The van der Waals surface area contributed by atoms with Crippen molar-refractivity contribution in [1.82, 2.24) is 0 Å². The van der Waals surface area contributed by atoms with Gasteiger partial charge in [-0.1, -0.05) is 55.5 Å². The van der Waals surface area contributed by atoms with E-state index in [0.717, 1.165) is 5.39 Å². The average molecular weight is 292 g/mol. The van der Waals surface area contributed by atoms with E-state index in [0.29, 0.717) is 16.7 Å². The van der Waals surface area contributed by atoms with Crippen LogP contribution in [0.4, 0.5) is 0 Å². The second kappa shape index (κ2) is 5.60. The zero-order chi connectivity index (χ0) is 15.7. The largest absolute Gasteiger partial charge is 0.452 e. The highest BCUT2D eigenvalue weighted by Crippen LogP contribution is 2.33. The van der Waals surface area contributed by atoms with Gasteiger partial charge in [0.25, 0.3) is 0 Å². The third-order valence-corrected chi connectivity index (χ3v) is 3.92. The minimum absolute atomic E-state index is 0.00802. The van der Waals surface area contributed by atoms with Crippen LogP contribution in [-0.2, 0) is 4.79 Å². The van der Waals surface area contributed by atoms with Crippen LogP contribution in [0.25, 0.3) is 11.0 Å². The summed E-state index contributed by atoms with van der Waals surface area (Å²) in [5, 5.41) is 0.824. The van der Waals surface area contributed by atoms with Crippen molar-refractivity contribution in [2.75, 3.05) is 0 Å². The first-order valence-corrected chi connectivity index (χ1v) is 7.21. The lowest BCUT2D eigenvalue weighted by Gasteiger charge is -2.08. The predicted molar refractivity (Wildman–Crippen MR) is 85.2 cm³/mol. The molecular formula is C19H16O3. The number of furan rings is 1. The van der Waals surface area contributed by atoms with Crippen LogP contribution < -0.4 is 0 Å². The van der Waals surface area contributed by atoms with E-state index in [-0.39, 0.29) is 23.2 Å². The normalized spacial score (nSPS) is 12.3. The quantitative estimate of drug-likeness (QED) is 0.671. The molecule has 0 aliphatic carbocycles. The van der Waals surface area contributed by atoms with Crippen molar-refractivity contribution in [3.05, 3.63) is 71.5 Å². The molecule has 0 N–H and O–H groups in total. The first-order chi connectivity index (χ1) is 10.6. The molecule has 3 heteroatoms. The summed E-state index contributed by atoms with van der Waals surface area (Å²) < 4.78 is 5.78. The molecule has 110 valence electrons. The molecule has 2 aromatic carbocycles. The molecular weight excluding hydrogens is 276 g/mol. The van der Waals surface area contributed by atoms with E-state index < -0.39 is 0 Å². The number of carbonyl (C=O) groups is 2. The van der Waals surface area contributed by atoms with Crippen LogP contribution in [0.3, 0.4) is 0 Å². The van der Waals surface area contributed by atoms with Gasteiger partial charge in [-0.2, -0.15) is 0 Å². The molecule has 3 aromatic rings. The van der Waals surface area contributed by atoms with Gasteiger partial charge in [0.05, 0.1) is 0 Å². The Morgan fingerprint density at radius 1 is 0.955 bits per heavy atom. The summed E-state index contributed by atoms with van der Waals surface area (Å²) in [5.74, 6) is -0.310. The van der Waals surface area contributed by atoms with Crippen LogP contribution in [0.1, 0.15) is 41.4 Å². The molecule has 0 radical (unpaired) electrons. The minimum Gasteiger partial charge on any atom is -0.452 e. The van der Waals surface area contributed by atoms with Crippen LogP contribution in [0.2, 0.25) is 0 Å². The van der Waals surface area contributed by atoms with Crippen molar-refractivity contribution in [3.63, 3.8) is 0 Å². The monoisotopic (exact) mass is 292 g/mol. The molecule has 0 aliphatic rings. The Balaban J connectivity index is 2.23. The molecule has 3 nitrogen and oxygen atoms in total. The Morgan fingerprint density at radius 3 is 2.27 bits per heavy atom. The minimum atomic E-state index is -0.383. The van der Waals surface area contributed by atoms with E-state index in [1.54, 1.807) is 19.1 Å². The van der Waals surface area contributed by atoms with Crippen molar-refractivity contribution in [3.8, 4) is 0 Å². The maximum atomic E-state index is 12.8. The van der Waals surface area contributed by atoms with Crippen LogP contribution in [0.5, 0.6) is 0 Å². The maximum Gasteiger partial charge on any atom is 0.228 e. The summed E-state index contributed by atoms with van der Waals surface area (Å²) in [5.41, 5.74) is 1.86. The van der Waals surface area contributed by atoms with Gasteiger partial charge in [-0.3, -0.25) is 9.59 Å². The molecule has 1 unspecified atom stereocenters. The third kappa shape index (κ3) is 2.35. The highest BCUT2D eigenvalue weighted by Gasteiger charge is 2.27. The number of benzene rings is 2. The molecule has 0 bridgehead atoms. The van der Waals surface area contributed by atoms with E-state index >= 15 is 0 Å². The molecule has 0 aliphatic heterocycles. The van der Waals surface area contributed by atoms with Gasteiger partial charge in [0.1, 0.15) is 11.4 Å². The first-order valence-electron chi connectivity index (χ1n) is 7.21. The van der Waals surface area contributed by atoms with Crippen molar-refractivity contribution >= 4 is 22.5 Å². The van der Waals surface area contributed by atoms with E-state index in [1.807, 2.05) is 42.5 Å².